The second kappa shape index (κ2) is 6.27. The molecule has 1 heterocycles. The van der Waals surface area contributed by atoms with E-state index in [9.17, 15) is 5.11 Å². The highest BCUT2D eigenvalue weighted by Crippen LogP contribution is 2.12. The molecular formula is C11H20N4O. The highest BCUT2D eigenvalue weighted by molar-refractivity contribution is 5.47. The summed E-state index contributed by atoms with van der Waals surface area (Å²) in [5, 5.41) is 12.5. The van der Waals surface area contributed by atoms with Crippen LogP contribution in [0.5, 0.6) is 0 Å². The molecular weight excluding hydrogens is 204 g/mol. The lowest BCUT2D eigenvalue weighted by Crippen LogP contribution is -2.27. The first-order chi connectivity index (χ1) is 7.63. The van der Waals surface area contributed by atoms with Gasteiger partial charge in [0.1, 0.15) is 18.0 Å². The van der Waals surface area contributed by atoms with Crippen molar-refractivity contribution in [2.45, 2.75) is 26.4 Å². The van der Waals surface area contributed by atoms with Crippen LogP contribution in [0.2, 0.25) is 0 Å². The monoisotopic (exact) mass is 224 g/mol. The molecule has 5 nitrogen and oxygen atoms in total. The number of aliphatic hydroxyl groups is 1. The van der Waals surface area contributed by atoms with Crippen molar-refractivity contribution in [3.05, 3.63) is 12.4 Å². The van der Waals surface area contributed by atoms with Gasteiger partial charge in [0, 0.05) is 26.2 Å². The lowest BCUT2D eigenvalue weighted by atomic mass is 10.3. The molecule has 0 bridgehead atoms. The van der Waals surface area contributed by atoms with Gasteiger partial charge in [-0.15, -0.1) is 0 Å². The van der Waals surface area contributed by atoms with Gasteiger partial charge >= 0.3 is 0 Å². The van der Waals surface area contributed by atoms with Crippen LogP contribution in [0.1, 0.15) is 20.3 Å². The first kappa shape index (κ1) is 12.7. The van der Waals surface area contributed by atoms with Crippen molar-refractivity contribution in [2.75, 3.05) is 30.4 Å². The van der Waals surface area contributed by atoms with Crippen LogP contribution in [0.3, 0.4) is 0 Å². The normalized spacial score (nSPS) is 12.2. The van der Waals surface area contributed by atoms with E-state index in [1.807, 2.05) is 18.0 Å². The van der Waals surface area contributed by atoms with Crippen molar-refractivity contribution in [2.24, 2.45) is 0 Å². The van der Waals surface area contributed by atoms with Gasteiger partial charge in [0.2, 0.25) is 0 Å². The first-order valence-electron chi connectivity index (χ1n) is 5.58. The molecule has 5 heteroatoms. The summed E-state index contributed by atoms with van der Waals surface area (Å²) in [5.74, 6) is 1.64. The molecule has 2 N–H and O–H groups in total. The molecule has 0 aliphatic carbocycles. The summed E-state index contributed by atoms with van der Waals surface area (Å²) in [5.41, 5.74) is 0. The van der Waals surface area contributed by atoms with Crippen molar-refractivity contribution < 1.29 is 5.11 Å². The minimum Gasteiger partial charge on any atom is -0.392 e. The Morgan fingerprint density at radius 2 is 2.25 bits per heavy atom. The Morgan fingerprint density at radius 1 is 1.50 bits per heavy atom. The van der Waals surface area contributed by atoms with Crippen LogP contribution in [-0.2, 0) is 0 Å². The fraction of sp³-hybridized carbons (Fsp3) is 0.636. The Hall–Kier alpha value is -1.36. The zero-order valence-electron chi connectivity index (χ0n) is 10.1. The highest BCUT2D eigenvalue weighted by atomic mass is 16.3. The van der Waals surface area contributed by atoms with Crippen molar-refractivity contribution >= 4 is 11.6 Å². The minimum atomic E-state index is -0.369. The number of rotatable bonds is 6. The molecule has 16 heavy (non-hydrogen) atoms. The predicted octanol–water partition coefficient (Wildman–Crippen LogP) is 1.12. The molecule has 0 saturated heterocycles. The third kappa shape index (κ3) is 4.02. The van der Waals surface area contributed by atoms with Crippen LogP contribution in [0.15, 0.2) is 12.4 Å². The predicted molar refractivity (Wildman–Crippen MR) is 65.8 cm³/mol. The van der Waals surface area contributed by atoms with E-state index >= 15 is 0 Å². The summed E-state index contributed by atoms with van der Waals surface area (Å²) in [6, 6.07) is 1.89. The van der Waals surface area contributed by atoms with Crippen LogP contribution in [0, 0.1) is 0 Å². The maximum absolute atomic E-state index is 9.29. The SMILES string of the molecule is CCCNc1cc(N(C)CC(C)O)ncn1. The molecule has 1 aromatic rings. The van der Waals surface area contributed by atoms with Crippen molar-refractivity contribution in [3.63, 3.8) is 0 Å². The summed E-state index contributed by atoms with van der Waals surface area (Å²) in [6.07, 6.45) is 2.22. The fourth-order valence-electron chi connectivity index (χ4n) is 1.40. The Kier molecular flexibility index (Phi) is 4.98. The van der Waals surface area contributed by atoms with E-state index in [1.54, 1.807) is 6.92 Å². The van der Waals surface area contributed by atoms with Gasteiger partial charge in [-0.25, -0.2) is 9.97 Å². The molecule has 0 amide bonds. The Balaban J connectivity index is 2.65. The Bertz CT molecular complexity index is 317. The minimum absolute atomic E-state index is 0.369. The topological polar surface area (TPSA) is 61.3 Å². The molecule has 0 aromatic carbocycles. The summed E-state index contributed by atoms with van der Waals surface area (Å²) in [4.78, 5) is 10.2. The van der Waals surface area contributed by atoms with E-state index in [4.69, 9.17) is 0 Å². The van der Waals surface area contributed by atoms with E-state index in [0.29, 0.717) is 6.54 Å². The van der Waals surface area contributed by atoms with Crippen LogP contribution in [-0.4, -0.2) is 41.3 Å². The van der Waals surface area contributed by atoms with Gasteiger partial charge in [-0.05, 0) is 13.3 Å². The number of hydrogen-bond donors (Lipinski definition) is 2. The quantitative estimate of drug-likeness (QED) is 0.758. The molecule has 0 aliphatic rings. The number of aromatic nitrogens is 2. The highest BCUT2D eigenvalue weighted by Gasteiger charge is 2.06. The van der Waals surface area contributed by atoms with Gasteiger partial charge in [-0.3, -0.25) is 0 Å². The van der Waals surface area contributed by atoms with Gasteiger partial charge in [0.25, 0.3) is 0 Å². The number of nitrogens with one attached hydrogen (secondary N) is 1. The molecule has 0 fully saturated rings. The molecule has 0 radical (unpaired) electrons. The third-order valence-corrected chi connectivity index (χ3v) is 2.14. The summed E-state index contributed by atoms with van der Waals surface area (Å²) in [7, 11) is 1.90. The molecule has 1 rings (SSSR count). The first-order valence-corrected chi connectivity index (χ1v) is 5.58. The standard InChI is InChI=1S/C11H20N4O/c1-4-5-12-10-6-11(14-8-13-10)15(3)7-9(2)16/h6,8-9,16H,4-5,7H2,1-3H3,(H,12,13,14). The number of likely N-dealkylation sites (N-methyl/N-ethyl adjacent to an activating group) is 1. The number of anilines is 2. The molecule has 0 spiro atoms. The van der Waals surface area contributed by atoms with Gasteiger partial charge in [-0.1, -0.05) is 6.92 Å². The number of hydrogen-bond acceptors (Lipinski definition) is 5. The zero-order chi connectivity index (χ0) is 12.0. The van der Waals surface area contributed by atoms with E-state index in [2.05, 4.69) is 22.2 Å². The van der Waals surface area contributed by atoms with E-state index in [-0.39, 0.29) is 6.10 Å². The molecule has 90 valence electrons. The summed E-state index contributed by atoms with van der Waals surface area (Å²) in [6.45, 7) is 5.32. The van der Waals surface area contributed by atoms with Crippen LogP contribution in [0.25, 0.3) is 0 Å². The number of aliphatic hydroxyl groups excluding tert-OH is 1. The lowest BCUT2D eigenvalue weighted by molar-refractivity contribution is 0.201. The molecule has 1 unspecified atom stereocenters. The third-order valence-electron chi connectivity index (χ3n) is 2.14. The van der Waals surface area contributed by atoms with Crippen LogP contribution >= 0.6 is 0 Å². The Labute approximate surface area is 96.5 Å². The average molecular weight is 224 g/mol. The van der Waals surface area contributed by atoms with E-state index < -0.39 is 0 Å². The maximum atomic E-state index is 9.29. The van der Waals surface area contributed by atoms with Gasteiger partial charge < -0.3 is 15.3 Å². The summed E-state index contributed by atoms with van der Waals surface area (Å²) >= 11 is 0. The number of nitrogens with zero attached hydrogens (tertiary/aromatic N) is 3. The largest absolute Gasteiger partial charge is 0.392 e. The molecule has 0 aliphatic heterocycles. The van der Waals surface area contributed by atoms with Crippen molar-refractivity contribution in [3.8, 4) is 0 Å². The maximum Gasteiger partial charge on any atom is 0.133 e. The second-order valence-corrected chi connectivity index (χ2v) is 3.92. The van der Waals surface area contributed by atoms with Crippen LogP contribution in [0.4, 0.5) is 11.6 Å². The van der Waals surface area contributed by atoms with Crippen molar-refractivity contribution in [1.82, 2.24) is 9.97 Å². The molecule has 1 aromatic heterocycles. The van der Waals surface area contributed by atoms with E-state index in [1.165, 1.54) is 6.33 Å². The summed E-state index contributed by atoms with van der Waals surface area (Å²) < 4.78 is 0. The Morgan fingerprint density at radius 3 is 2.88 bits per heavy atom. The lowest BCUT2D eigenvalue weighted by Gasteiger charge is -2.19. The van der Waals surface area contributed by atoms with Crippen molar-refractivity contribution in [1.29, 1.82) is 0 Å². The van der Waals surface area contributed by atoms with Crippen LogP contribution < -0.4 is 10.2 Å². The fourth-order valence-corrected chi connectivity index (χ4v) is 1.40. The smallest absolute Gasteiger partial charge is 0.133 e. The zero-order valence-corrected chi connectivity index (χ0v) is 10.1. The second-order valence-electron chi connectivity index (χ2n) is 3.92. The van der Waals surface area contributed by atoms with Gasteiger partial charge in [0.05, 0.1) is 6.10 Å². The van der Waals surface area contributed by atoms with Gasteiger partial charge in [-0.2, -0.15) is 0 Å². The van der Waals surface area contributed by atoms with Gasteiger partial charge in [0.15, 0.2) is 0 Å². The molecule has 0 saturated carbocycles. The van der Waals surface area contributed by atoms with E-state index in [0.717, 1.165) is 24.6 Å². The average Bonchev–Trinajstić information content (AvgIpc) is 2.26. The molecule has 1 atom stereocenters.